The minimum atomic E-state index is -0.183. The average molecular weight is 204 g/mol. The van der Waals surface area contributed by atoms with E-state index in [1.807, 2.05) is 44.2 Å². The second-order valence-corrected chi connectivity index (χ2v) is 3.80. The van der Waals surface area contributed by atoms with Crippen molar-refractivity contribution in [2.24, 2.45) is 5.92 Å². The molecule has 0 saturated carbocycles. The predicted molar refractivity (Wildman–Crippen MR) is 61.0 cm³/mol. The molecule has 0 aliphatic carbocycles. The van der Waals surface area contributed by atoms with Crippen LogP contribution in [-0.4, -0.2) is 5.97 Å². The van der Waals surface area contributed by atoms with Gasteiger partial charge in [-0.3, -0.25) is 4.79 Å². The topological polar surface area (TPSA) is 26.3 Å². The highest BCUT2D eigenvalue weighted by Gasteiger charge is 2.03. The second-order valence-electron chi connectivity index (χ2n) is 3.80. The molecule has 0 aliphatic heterocycles. The quantitative estimate of drug-likeness (QED) is 0.556. The van der Waals surface area contributed by atoms with E-state index in [4.69, 9.17) is 4.74 Å². The Bertz CT molecular complexity index is 326. The fraction of sp³-hybridized carbons (Fsp3) is 0.308. The molecule has 0 radical (unpaired) electrons. The molecule has 1 rings (SSSR count). The van der Waals surface area contributed by atoms with Crippen molar-refractivity contribution in [1.29, 1.82) is 0 Å². The monoisotopic (exact) mass is 204 g/mol. The van der Waals surface area contributed by atoms with Crippen molar-refractivity contribution >= 4 is 12.0 Å². The first-order valence-corrected chi connectivity index (χ1v) is 5.09. The summed E-state index contributed by atoms with van der Waals surface area (Å²) >= 11 is 0. The van der Waals surface area contributed by atoms with Gasteiger partial charge in [0.1, 0.15) is 0 Å². The summed E-state index contributed by atoms with van der Waals surface area (Å²) in [5.41, 5.74) is 1.02. The maximum Gasteiger partial charge on any atom is 0.310 e. The van der Waals surface area contributed by atoms with Gasteiger partial charge in [-0.25, -0.2) is 0 Å². The standard InChI is InChI=1S/C13H16O2/c1-11(2)10-13(14)15-9-8-12-6-4-3-5-7-12/h3-9,11H,10H2,1-2H3/b9-8-. The lowest BCUT2D eigenvalue weighted by Crippen LogP contribution is -2.03. The van der Waals surface area contributed by atoms with Gasteiger partial charge < -0.3 is 4.74 Å². The highest BCUT2D eigenvalue weighted by Crippen LogP contribution is 2.04. The minimum absolute atomic E-state index is 0.183. The Hall–Kier alpha value is -1.57. The number of carbonyl (C=O) groups excluding carboxylic acids is 1. The van der Waals surface area contributed by atoms with Crippen LogP contribution in [0.1, 0.15) is 25.8 Å². The number of carbonyl (C=O) groups is 1. The molecular formula is C13H16O2. The van der Waals surface area contributed by atoms with Crippen LogP contribution in [0.4, 0.5) is 0 Å². The van der Waals surface area contributed by atoms with E-state index in [1.165, 1.54) is 6.26 Å². The van der Waals surface area contributed by atoms with Crippen molar-refractivity contribution < 1.29 is 9.53 Å². The summed E-state index contributed by atoms with van der Waals surface area (Å²) in [5.74, 6) is 0.153. The molecule has 0 bridgehead atoms. The van der Waals surface area contributed by atoms with E-state index in [9.17, 15) is 4.79 Å². The largest absolute Gasteiger partial charge is 0.434 e. The fourth-order valence-corrected chi connectivity index (χ4v) is 1.13. The smallest absolute Gasteiger partial charge is 0.310 e. The molecule has 2 heteroatoms. The van der Waals surface area contributed by atoms with Gasteiger partial charge in [0, 0.05) is 6.42 Å². The third-order valence-electron chi connectivity index (χ3n) is 1.83. The van der Waals surface area contributed by atoms with Crippen LogP contribution in [-0.2, 0) is 9.53 Å². The molecule has 1 aromatic carbocycles. The molecule has 1 aromatic rings. The predicted octanol–water partition coefficient (Wildman–Crippen LogP) is 3.25. The number of ether oxygens (including phenoxy) is 1. The molecule has 0 atom stereocenters. The van der Waals surface area contributed by atoms with Gasteiger partial charge in [0.15, 0.2) is 0 Å². The number of benzene rings is 1. The molecule has 0 heterocycles. The van der Waals surface area contributed by atoms with Crippen molar-refractivity contribution in [3.05, 3.63) is 42.2 Å². The SMILES string of the molecule is CC(C)CC(=O)O/C=C\c1ccccc1. The Labute approximate surface area is 90.6 Å². The molecule has 0 spiro atoms. The molecule has 15 heavy (non-hydrogen) atoms. The van der Waals surface area contributed by atoms with Crippen molar-refractivity contribution in [2.75, 3.05) is 0 Å². The van der Waals surface area contributed by atoms with Gasteiger partial charge in [0.05, 0.1) is 6.26 Å². The van der Waals surface area contributed by atoms with Crippen LogP contribution in [0.15, 0.2) is 36.6 Å². The summed E-state index contributed by atoms with van der Waals surface area (Å²) in [6.07, 6.45) is 3.68. The first kappa shape index (κ1) is 11.5. The Balaban J connectivity index is 2.37. The lowest BCUT2D eigenvalue weighted by molar-refractivity contribution is -0.138. The number of rotatable bonds is 4. The van der Waals surface area contributed by atoms with Gasteiger partial charge in [-0.05, 0) is 17.6 Å². The molecule has 0 saturated heterocycles. The summed E-state index contributed by atoms with van der Waals surface area (Å²) in [5, 5.41) is 0. The summed E-state index contributed by atoms with van der Waals surface area (Å²) in [4.78, 5) is 11.2. The van der Waals surface area contributed by atoms with E-state index in [-0.39, 0.29) is 5.97 Å². The molecule has 2 nitrogen and oxygen atoms in total. The Morgan fingerprint density at radius 1 is 1.33 bits per heavy atom. The molecular weight excluding hydrogens is 188 g/mol. The van der Waals surface area contributed by atoms with Gasteiger partial charge in [-0.1, -0.05) is 44.2 Å². The first-order chi connectivity index (χ1) is 7.18. The van der Waals surface area contributed by atoms with Crippen LogP contribution in [0.5, 0.6) is 0 Å². The van der Waals surface area contributed by atoms with E-state index in [0.29, 0.717) is 12.3 Å². The molecule has 0 fully saturated rings. The summed E-state index contributed by atoms with van der Waals surface area (Å²) < 4.78 is 4.94. The highest BCUT2D eigenvalue weighted by molar-refractivity contribution is 5.70. The number of hydrogen-bond donors (Lipinski definition) is 0. The van der Waals surface area contributed by atoms with Gasteiger partial charge in [-0.15, -0.1) is 0 Å². The van der Waals surface area contributed by atoms with Crippen molar-refractivity contribution in [1.82, 2.24) is 0 Å². The Kier molecular flexibility index (Phi) is 4.61. The van der Waals surface area contributed by atoms with Gasteiger partial charge in [-0.2, -0.15) is 0 Å². The Morgan fingerprint density at radius 2 is 2.00 bits per heavy atom. The minimum Gasteiger partial charge on any atom is -0.434 e. The number of hydrogen-bond acceptors (Lipinski definition) is 2. The van der Waals surface area contributed by atoms with Crippen LogP contribution in [0.25, 0.3) is 6.08 Å². The molecule has 0 amide bonds. The maximum atomic E-state index is 11.2. The zero-order valence-electron chi connectivity index (χ0n) is 9.14. The molecule has 0 aromatic heterocycles. The molecule has 0 aliphatic rings. The van der Waals surface area contributed by atoms with Gasteiger partial charge in [0.25, 0.3) is 0 Å². The van der Waals surface area contributed by atoms with E-state index < -0.39 is 0 Å². The van der Waals surface area contributed by atoms with Gasteiger partial charge >= 0.3 is 5.97 Å². The van der Waals surface area contributed by atoms with E-state index in [2.05, 4.69) is 0 Å². The first-order valence-electron chi connectivity index (χ1n) is 5.09. The maximum absolute atomic E-state index is 11.2. The number of esters is 1. The van der Waals surface area contributed by atoms with Crippen LogP contribution in [0.2, 0.25) is 0 Å². The second kappa shape index (κ2) is 6.02. The van der Waals surface area contributed by atoms with Crippen LogP contribution in [0, 0.1) is 5.92 Å². The van der Waals surface area contributed by atoms with E-state index in [1.54, 1.807) is 6.08 Å². The van der Waals surface area contributed by atoms with Crippen molar-refractivity contribution in [3.63, 3.8) is 0 Å². The van der Waals surface area contributed by atoms with Crippen LogP contribution < -0.4 is 0 Å². The third kappa shape index (κ3) is 5.01. The lowest BCUT2D eigenvalue weighted by Gasteiger charge is -2.01. The van der Waals surface area contributed by atoms with Crippen molar-refractivity contribution in [3.8, 4) is 0 Å². The Morgan fingerprint density at radius 3 is 2.60 bits per heavy atom. The fourth-order valence-electron chi connectivity index (χ4n) is 1.13. The summed E-state index contributed by atoms with van der Waals surface area (Å²) in [7, 11) is 0. The molecule has 80 valence electrons. The van der Waals surface area contributed by atoms with Gasteiger partial charge in [0.2, 0.25) is 0 Å². The van der Waals surface area contributed by atoms with Crippen molar-refractivity contribution in [2.45, 2.75) is 20.3 Å². The summed E-state index contributed by atoms with van der Waals surface area (Å²) in [6.45, 7) is 3.98. The van der Waals surface area contributed by atoms with Crippen LogP contribution >= 0.6 is 0 Å². The molecule has 0 unspecified atom stereocenters. The normalized spacial score (nSPS) is 10.9. The van der Waals surface area contributed by atoms with E-state index in [0.717, 1.165) is 5.56 Å². The average Bonchev–Trinajstić information content (AvgIpc) is 2.18. The molecule has 0 N–H and O–H groups in total. The third-order valence-corrected chi connectivity index (χ3v) is 1.83. The lowest BCUT2D eigenvalue weighted by atomic mass is 10.1. The zero-order chi connectivity index (χ0) is 11.1. The summed E-state index contributed by atoms with van der Waals surface area (Å²) in [6, 6.07) is 9.73. The zero-order valence-corrected chi connectivity index (χ0v) is 9.14. The van der Waals surface area contributed by atoms with Crippen LogP contribution in [0.3, 0.4) is 0 Å². The van der Waals surface area contributed by atoms with E-state index >= 15 is 0 Å². The highest BCUT2D eigenvalue weighted by atomic mass is 16.5.